The van der Waals surface area contributed by atoms with Crippen LogP contribution >= 0.6 is 23.2 Å². The van der Waals surface area contributed by atoms with Gasteiger partial charge in [0.2, 0.25) is 5.96 Å². The van der Waals surface area contributed by atoms with Crippen LogP contribution in [-0.4, -0.2) is 46.3 Å². The van der Waals surface area contributed by atoms with Gasteiger partial charge in [-0.2, -0.15) is 0 Å². The smallest absolute Gasteiger partial charge is 0.201 e. The first-order valence-electron chi connectivity index (χ1n) is 12.2. The van der Waals surface area contributed by atoms with Crippen LogP contribution in [0.5, 0.6) is 0 Å². The molecule has 0 aliphatic carbocycles. The number of piperidine rings is 1. The molecule has 5 rings (SSSR count). The second-order valence-electron chi connectivity index (χ2n) is 9.08. The minimum Gasteiger partial charge on any atom is -0.355 e. The summed E-state index contributed by atoms with van der Waals surface area (Å²) in [5.74, 6) is 1.79. The van der Waals surface area contributed by atoms with Gasteiger partial charge in [0, 0.05) is 37.1 Å². The Morgan fingerprint density at radius 1 is 1.16 bits per heavy atom. The zero-order valence-electron chi connectivity index (χ0n) is 20.4. The zero-order chi connectivity index (χ0) is 25.8. The lowest BCUT2D eigenvalue weighted by atomic mass is 9.90. The maximum Gasteiger partial charge on any atom is 0.201 e. The van der Waals surface area contributed by atoms with Gasteiger partial charge in [0.25, 0.3) is 0 Å². The van der Waals surface area contributed by atoms with Gasteiger partial charge in [-0.05, 0) is 55.7 Å². The fourth-order valence-electron chi connectivity index (χ4n) is 4.63. The minimum absolute atomic E-state index is 0.329. The van der Waals surface area contributed by atoms with E-state index in [1.54, 1.807) is 24.5 Å². The van der Waals surface area contributed by atoms with Crippen LogP contribution in [0.4, 0.5) is 17.2 Å². The van der Waals surface area contributed by atoms with Gasteiger partial charge in [-0.3, -0.25) is 0 Å². The van der Waals surface area contributed by atoms with Gasteiger partial charge in [-0.1, -0.05) is 41.4 Å². The molecule has 1 saturated heterocycles. The number of halogens is 2. The molecule has 1 fully saturated rings. The molecule has 2 atom stereocenters. The number of benzene rings is 2. The number of nitrogens with zero attached hydrogens (tertiary/aromatic N) is 4. The Bertz CT molecular complexity index is 1410. The number of fused-ring (bicyclic) bond motifs is 1. The molecule has 4 N–H and O–H groups in total. The fraction of sp³-hybridized carbons (Fsp3) is 0.259. The van der Waals surface area contributed by atoms with Crippen LogP contribution in [0.1, 0.15) is 31.2 Å². The largest absolute Gasteiger partial charge is 0.355 e. The molecule has 10 heteroatoms. The predicted molar refractivity (Wildman–Crippen MR) is 154 cm³/mol. The fourth-order valence-corrected chi connectivity index (χ4v) is 5.12. The van der Waals surface area contributed by atoms with Gasteiger partial charge >= 0.3 is 0 Å². The number of para-hydroxylation sites is 1. The second kappa shape index (κ2) is 11.2. The van der Waals surface area contributed by atoms with E-state index in [1.165, 1.54) is 11.8 Å². The molecule has 3 heterocycles. The van der Waals surface area contributed by atoms with Crippen LogP contribution < -0.4 is 15.5 Å². The van der Waals surface area contributed by atoms with E-state index in [1.807, 2.05) is 31.3 Å². The van der Waals surface area contributed by atoms with Crippen LogP contribution in [-0.2, 0) is 0 Å². The quantitative estimate of drug-likeness (QED) is 0.165. The zero-order valence-corrected chi connectivity index (χ0v) is 21.9. The number of aromatic nitrogens is 3. The van der Waals surface area contributed by atoms with Gasteiger partial charge in [0.1, 0.15) is 17.8 Å². The summed E-state index contributed by atoms with van der Waals surface area (Å²) in [6.45, 7) is 3.68. The number of nitrogens with one attached hydrogen (secondary N) is 4. The lowest BCUT2D eigenvalue weighted by Crippen LogP contribution is -2.35. The second-order valence-corrected chi connectivity index (χ2v) is 9.89. The predicted octanol–water partition coefficient (Wildman–Crippen LogP) is 6.57. The summed E-state index contributed by atoms with van der Waals surface area (Å²) in [7, 11) is 0. The molecule has 2 unspecified atom stereocenters. The van der Waals surface area contributed by atoms with Crippen LogP contribution in [0.25, 0.3) is 11.0 Å². The molecule has 0 spiro atoms. The summed E-state index contributed by atoms with van der Waals surface area (Å²) >= 11 is 12.8. The number of anilines is 3. The summed E-state index contributed by atoms with van der Waals surface area (Å²) in [4.78, 5) is 19.0. The standard InChI is InChI=1S/C27H28Cl2N8/c1-17(14-30)34-27(36-24-22(28)8-3-9-23(24)29)35-20-7-2-5-18(13-20)19-6-4-12-37(15-19)26-21-10-11-31-25(21)32-16-33-26/h2-3,5,7-11,13-14,16-17,19,30H,4,6,12,15H2,1H3,(H,31,32,33)(H2,34,35,36). The topological polar surface area (TPSA) is 105 Å². The maximum atomic E-state index is 7.59. The van der Waals surface area contributed by atoms with Crippen LogP contribution in [0.3, 0.4) is 0 Å². The lowest BCUT2D eigenvalue weighted by Gasteiger charge is -2.34. The number of aromatic amines is 1. The van der Waals surface area contributed by atoms with E-state index in [4.69, 9.17) is 28.6 Å². The average Bonchev–Trinajstić information content (AvgIpc) is 3.40. The Labute approximate surface area is 225 Å². The molecular weight excluding hydrogens is 507 g/mol. The van der Waals surface area contributed by atoms with Crippen molar-refractivity contribution in [2.75, 3.05) is 28.6 Å². The first-order chi connectivity index (χ1) is 18.0. The van der Waals surface area contributed by atoms with Gasteiger partial charge in [-0.15, -0.1) is 0 Å². The van der Waals surface area contributed by atoms with E-state index < -0.39 is 0 Å². The average molecular weight is 535 g/mol. The van der Waals surface area contributed by atoms with Gasteiger partial charge in [0.15, 0.2) is 0 Å². The van der Waals surface area contributed by atoms with Crippen molar-refractivity contribution >= 4 is 63.6 Å². The molecule has 190 valence electrons. The molecule has 8 nitrogen and oxygen atoms in total. The number of aliphatic imine (C=N–C) groups is 1. The third-order valence-electron chi connectivity index (χ3n) is 6.45. The molecule has 0 saturated carbocycles. The van der Waals surface area contributed by atoms with Crippen molar-refractivity contribution in [2.45, 2.75) is 31.7 Å². The van der Waals surface area contributed by atoms with Crippen molar-refractivity contribution in [3.05, 3.63) is 76.7 Å². The molecule has 4 aromatic rings. The number of guanidine groups is 1. The Kier molecular flexibility index (Phi) is 7.58. The molecule has 1 aliphatic heterocycles. The van der Waals surface area contributed by atoms with Gasteiger partial charge in [0.05, 0.1) is 27.2 Å². The SMILES string of the molecule is CC(C=N)N=C(Nc1cccc(C2CCCN(c3ncnc4[nH]ccc34)C2)c1)Nc1c(Cl)cccc1Cl. The summed E-state index contributed by atoms with van der Waals surface area (Å²) in [5.41, 5.74) is 3.55. The first kappa shape index (κ1) is 25.0. The Hall–Kier alpha value is -3.62. The van der Waals surface area contributed by atoms with Crippen molar-refractivity contribution in [2.24, 2.45) is 4.99 Å². The summed E-state index contributed by atoms with van der Waals surface area (Å²) in [6, 6.07) is 15.4. The molecular formula is C27H28Cl2N8. The monoisotopic (exact) mass is 534 g/mol. The van der Waals surface area contributed by atoms with E-state index >= 15 is 0 Å². The Balaban J connectivity index is 1.37. The van der Waals surface area contributed by atoms with E-state index in [2.05, 4.69) is 47.6 Å². The number of rotatable bonds is 6. The summed E-state index contributed by atoms with van der Waals surface area (Å²) in [5, 5.41) is 16.2. The van der Waals surface area contributed by atoms with E-state index in [9.17, 15) is 0 Å². The maximum absolute atomic E-state index is 7.59. The lowest BCUT2D eigenvalue weighted by molar-refractivity contribution is 0.508. The van der Waals surface area contributed by atoms with Crippen molar-refractivity contribution in [3.63, 3.8) is 0 Å². The number of H-pyrrole nitrogens is 1. The van der Waals surface area contributed by atoms with Crippen molar-refractivity contribution in [1.82, 2.24) is 15.0 Å². The first-order valence-corrected chi connectivity index (χ1v) is 13.0. The highest BCUT2D eigenvalue weighted by atomic mass is 35.5. The van der Waals surface area contributed by atoms with Crippen molar-refractivity contribution in [3.8, 4) is 0 Å². The molecule has 0 bridgehead atoms. The van der Waals surface area contributed by atoms with E-state index in [0.29, 0.717) is 27.6 Å². The third-order valence-corrected chi connectivity index (χ3v) is 7.08. The van der Waals surface area contributed by atoms with Crippen molar-refractivity contribution < 1.29 is 0 Å². The summed E-state index contributed by atoms with van der Waals surface area (Å²) in [6.07, 6.45) is 6.98. The third kappa shape index (κ3) is 5.70. The normalized spacial score (nSPS) is 17.0. The van der Waals surface area contributed by atoms with Crippen molar-refractivity contribution in [1.29, 1.82) is 5.41 Å². The molecule has 37 heavy (non-hydrogen) atoms. The molecule has 0 amide bonds. The van der Waals surface area contributed by atoms with Crippen LogP contribution in [0.15, 0.2) is 66.0 Å². The molecule has 2 aromatic heterocycles. The van der Waals surface area contributed by atoms with Crippen LogP contribution in [0, 0.1) is 5.41 Å². The number of hydrogen-bond acceptors (Lipinski definition) is 5. The van der Waals surface area contributed by atoms with Gasteiger partial charge < -0.3 is 25.9 Å². The van der Waals surface area contributed by atoms with E-state index in [-0.39, 0.29) is 6.04 Å². The van der Waals surface area contributed by atoms with E-state index in [0.717, 1.165) is 48.5 Å². The molecule has 2 aromatic carbocycles. The Morgan fingerprint density at radius 2 is 1.97 bits per heavy atom. The highest BCUT2D eigenvalue weighted by Gasteiger charge is 2.24. The Morgan fingerprint density at radius 3 is 2.78 bits per heavy atom. The highest BCUT2D eigenvalue weighted by Crippen LogP contribution is 2.33. The highest BCUT2D eigenvalue weighted by molar-refractivity contribution is 6.40. The van der Waals surface area contributed by atoms with Crippen LogP contribution in [0.2, 0.25) is 10.0 Å². The molecule has 1 aliphatic rings. The minimum atomic E-state index is -0.329. The summed E-state index contributed by atoms with van der Waals surface area (Å²) < 4.78 is 0. The number of hydrogen-bond donors (Lipinski definition) is 4. The van der Waals surface area contributed by atoms with Gasteiger partial charge in [-0.25, -0.2) is 15.0 Å². The molecule has 0 radical (unpaired) electrons.